The minimum Gasteiger partial charge on any atom is -0.396 e. The number of nitrogens with one attached hydrogen (secondary N) is 2. The minimum absolute atomic E-state index is 0.0806. The van der Waals surface area contributed by atoms with Crippen LogP contribution in [0.2, 0.25) is 0 Å². The van der Waals surface area contributed by atoms with Crippen molar-refractivity contribution in [2.45, 2.75) is 65.0 Å². The summed E-state index contributed by atoms with van der Waals surface area (Å²) in [5.41, 5.74) is -0.158. The van der Waals surface area contributed by atoms with Crippen molar-refractivity contribution in [3.8, 4) is 0 Å². The highest BCUT2D eigenvalue weighted by atomic mass is 16.3. The van der Waals surface area contributed by atoms with E-state index >= 15 is 0 Å². The Balaban J connectivity index is 1.75. The van der Waals surface area contributed by atoms with Gasteiger partial charge in [-0.3, -0.25) is 4.90 Å². The highest BCUT2D eigenvalue weighted by Gasteiger charge is 2.39. The number of urea groups is 1. The van der Waals surface area contributed by atoms with E-state index in [1.807, 2.05) is 0 Å². The molecule has 0 aromatic heterocycles. The second-order valence-corrected chi connectivity index (χ2v) is 7.80. The third-order valence-electron chi connectivity index (χ3n) is 5.35. The molecule has 1 aliphatic heterocycles. The summed E-state index contributed by atoms with van der Waals surface area (Å²) in [4.78, 5) is 14.7. The highest BCUT2D eigenvalue weighted by Crippen LogP contribution is 2.37. The zero-order valence-electron chi connectivity index (χ0n) is 14.4. The Morgan fingerprint density at radius 3 is 2.82 bits per heavy atom. The minimum atomic E-state index is -0.158. The standard InChI is InChI=1S/C17H33N3O2/c1-13(2)11-20-9-5-6-14(20)10-18-16(22)19-15-7-4-8-17(15,3)12-21/h13-15,21H,4-12H2,1-3H3,(H2,18,19,22)/t14-,15?,17?/m1/s1. The molecule has 2 fully saturated rings. The molecule has 128 valence electrons. The van der Waals surface area contributed by atoms with Gasteiger partial charge in [0.2, 0.25) is 0 Å². The maximum atomic E-state index is 12.2. The predicted octanol–water partition coefficient (Wildman–Crippen LogP) is 1.96. The fraction of sp³-hybridized carbons (Fsp3) is 0.941. The number of nitrogens with zero attached hydrogens (tertiary/aromatic N) is 1. The molecule has 5 heteroatoms. The molecular weight excluding hydrogens is 278 g/mol. The van der Waals surface area contributed by atoms with E-state index in [-0.39, 0.29) is 24.1 Å². The van der Waals surface area contributed by atoms with Crippen LogP contribution in [0.25, 0.3) is 0 Å². The van der Waals surface area contributed by atoms with E-state index in [4.69, 9.17) is 0 Å². The molecular formula is C17H33N3O2. The van der Waals surface area contributed by atoms with Gasteiger partial charge in [-0.15, -0.1) is 0 Å². The summed E-state index contributed by atoms with van der Waals surface area (Å²) in [7, 11) is 0. The second kappa shape index (κ2) is 7.64. The molecule has 0 spiro atoms. The zero-order valence-corrected chi connectivity index (χ0v) is 14.4. The van der Waals surface area contributed by atoms with Crippen LogP contribution in [0.4, 0.5) is 4.79 Å². The third-order valence-corrected chi connectivity index (χ3v) is 5.35. The lowest BCUT2D eigenvalue weighted by Crippen LogP contribution is -2.51. The summed E-state index contributed by atoms with van der Waals surface area (Å²) in [5, 5.41) is 15.7. The van der Waals surface area contributed by atoms with Crippen LogP contribution >= 0.6 is 0 Å². The van der Waals surface area contributed by atoms with Crippen molar-refractivity contribution < 1.29 is 9.90 Å². The summed E-state index contributed by atoms with van der Waals surface area (Å²) in [6.45, 7) is 9.67. The Morgan fingerprint density at radius 2 is 2.14 bits per heavy atom. The average Bonchev–Trinajstić information content (AvgIpc) is 3.04. The molecule has 2 aliphatic rings. The predicted molar refractivity (Wildman–Crippen MR) is 88.8 cm³/mol. The molecule has 0 bridgehead atoms. The van der Waals surface area contributed by atoms with E-state index in [1.165, 1.54) is 12.8 Å². The third kappa shape index (κ3) is 4.35. The summed E-state index contributed by atoms with van der Waals surface area (Å²) >= 11 is 0. The van der Waals surface area contributed by atoms with Gasteiger partial charge >= 0.3 is 6.03 Å². The smallest absolute Gasteiger partial charge is 0.315 e. The monoisotopic (exact) mass is 311 g/mol. The van der Waals surface area contributed by atoms with E-state index in [9.17, 15) is 9.90 Å². The van der Waals surface area contributed by atoms with Crippen LogP contribution in [-0.4, -0.2) is 54.4 Å². The quantitative estimate of drug-likeness (QED) is 0.702. The number of hydrogen-bond donors (Lipinski definition) is 3. The van der Waals surface area contributed by atoms with Crippen molar-refractivity contribution >= 4 is 6.03 Å². The Bertz CT molecular complexity index is 375. The van der Waals surface area contributed by atoms with Crippen molar-refractivity contribution in [1.29, 1.82) is 0 Å². The van der Waals surface area contributed by atoms with Gasteiger partial charge in [0.1, 0.15) is 0 Å². The summed E-state index contributed by atoms with van der Waals surface area (Å²) < 4.78 is 0. The molecule has 2 rings (SSSR count). The van der Waals surface area contributed by atoms with Crippen molar-refractivity contribution in [3.63, 3.8) is 0 Å². The molecule has 1 saturated carbocycles. The number of aliphatic hydroxyl groups is 1. The van der Waals surface area contributed by atoms with Crippen LogP contribution in [0.1, 0.15) is 52.9 Å². The van der Waals surface area contributed by atoms with E-state index in [0.717, 1.165) is 38.9 Å². The largest absolute Gasteiger partial charge is 0.396 e. The van der Waals surface area contributed by atoms with E-state index in [1.54, 1.807) is 0 Å². The fourth-order valence-corrected chi connectivity index (χ4v) is 3.92. The lowest BCUT2D eigenvalue weighted by Gasteiger charge is -2.31. The molecule has 3 N–H and O–H groups in total. The van der Waals surface area contributed by atoms with Crippen molar-refractivity contribution in [1.82, 2.24) is 15.5 Å². The maximum absolute atomic E-state index is 12.2. The Kier molecular flexibility index (Phi) is 6.09. The normalized spacial score (nSPS) is 32.6. The number of rotatable bonds is 6. The summed E-state index contributed by atoms with van der Waals surface area (Å²) in [6, 6.07) is 0.483. The van der Waals surface area contributed by atoms with Crippen LogP contribution in [0, 0.1) is 11.3 Å². The van der Waals surface area contributed by atoms with Gasteiger partial charge in [0.25, 0.3) is 0 Å². The highest BCUT2D eigenvalue weighted by molar-refractivity contribution is 5.74. The Labute approximate surface area is 134 Å². The molecule has 2 unspecified atom stereocenters. The second-order valence-electron chi connectivity index (χ2n) is 7.80. The summed E-state index contributed by atoms with van der Waals surface area (Å²) in [5.74, 6) is 0.665. The van der Waals surface area contributed by atoms with Gasteiger partial charge in [-0.05, 0) is 38.1 Å². The molecule has 0 aromatic carbocycles. The van der Waals surface area contributed by atoms with Gasteiger partial charge < -0.3 is 15.7 Å². The van der Waals surface area contributed by atoms with Gasteiger partial charge in [0.15, 0.2) is 0 Å². The van der Waals surface area contributed by atoms with Crippen LogP contribution in [0.5, 0.6) is 0 Å². The number of likely N-dealkylation sites (tertiary alicyclic amines) is 1. The number of carbonyl (C=O) groups excluding carboxylic acids is 1. The molecule has 5 nitrogen and oxygen atoms in total. The zero-order chi connectivity index (χ0) is 16.2. The van der Waals surface area contributed by atoms with Gasteiger partial charge in [0, 0.05) is 30.6 Å². The molecule has 3 atom stereocenters. The van der Waals surface area contributed by atoms with Crippen LogP contribution in [0.3, 0.4) is 0 Å². The first kappa shape index (κ1) is 17.5. The first-order chi connectivity index (χ1) is 10.4. The Hall–Kier alpha value is -0.810. The molecule has 2 amide bonds. The van der Waals surface area contributed by atoms with Crippen LogP contribution in [-0.2, 0) is 0 Å². The van der Waals surface area contributed by atoms with E-state index in [0.29, 0.717) is 12.0 Å². The van der Waals surface area contributed by atoms with Crippen molar-refractivity contribution in [2.24, 2.45) is 11.3 Å². The fourth-order valence-electron chi connectivity index (χ4n) is 3.92. The summed E-state index contributed by atoms with van der Waals surface area (Å²) in [6.07, 6.45) is 5.43. The SMILES string of the molecule is CC(C)CN1CCC[C@@H]1CNC(=O)NC1CCCC1(C)CO. The van der Waals surface area contributed by atoms with Gasteiger partial charge in [-0.1, -0.05) is 27.2 Å². The molecule has 1 saturated heterocycles. The lowest BCUT2D eigenvalue weighted by atomic mass is 9.86. The van der Waals surface area contributed by atoms with Gasteiger partial charge in [0.05, 0.1) is 6.61 Å². The van der Waals surface area contributed by atoms with Crippen molar-refractivity contribution in [3.05, 3.63) is 0 Å². The molecule has 1 heterocycles. The van der Waals surface area contributed by atoms with Crippen molar-refractivity contribution in [2.75, 3.05) is 26.2 Å². The van der Waals surface area contributed by atoms with Gasteiger partial charge in [-0.2, -0.15) is 0 Å². The topological polar surface area (TPSA) is 64.6 Å². The number of hydrogen-bond acceptors (Lipinski definition) is 3. The van der Waals surface area contributed by atoms with E-state index in [2.05, 4.69) is 36.3 Å². The number of amides is 2. The van der Waals surface area contributed by atoms with Gasteiger partial charge in [-0.25, -0.2) is 4.79 Å². The maximum Gasteiger partial charge on any atom is 0.315 e. The first-order valence-corrected chi connectivity index (χ1v) is 8.84. The first-order valence-electron chi connectivity index (χ1n) is 8.84. The number of aliphatic hydroxyl groups excluding tert-OH is 1. The molecule has 22 heavy (non-hydrogen) atoms. The van der Waals surface area contributed by atoms with E-state index < -0.39 is 0 Å². The molecule has 0 aromatic rings. The van der Waals surface area contributed by atoms with Crippen LogP contribution in [0.15, 0.2) is 0 Å². The van der Waals surface area contributed by atoms with Crippen LogP contribution < -0.4 is 10.6 Å². The molecule has 0 radical (unpaired) electrons. The number of carbonyl (C=O) groups is 1. The lowest BCUT2D eigenvalue weighted by molar-refractivity contribution is 0.120. The molecule has 1 aliphatic carbocycles. The average molecular weight is 311 g/mol. The Morgan fingerprint density at radius 1 is 1.36 bits per heavy atom.